The number of nitrogens with zero attached hydrogens (tertiary/aromatic N) is 3. The molecule has 328 valence electrons. The molecule has 0 aliphatic heterocycles. The summed E-state index contributed by atoms with van der Waals surface area (Å²) in [6, 6.07) is 57.4. The number of hydrogen-bond acceptors (Lipinski definition) is 3. The van der Waals surface area contributed by atoms with Crippen LogP contribution in [-0.2, 0) is 11.6 Å². The van der Waals surface area contributed by atoms with Crippen LogP contribution in [0.25, 0.3) is 70.8 Å². The van der Waals surface area contributed by atoms with E-state index in [1.807, 2.05) is 53.4 Å². The molecule has 0 fully saturated rings. The molecular weight excluding hydrogens is 836 g/mol. The Hall–Kier alpha value is -7.77. The number of rotatable bonds is 6. The fourth-order valence-electron chi connectivity index (χ4n) is 10.6. The van der Waals surface area contributed by atoms with Crippen molar-refractivity contribution in [3.63, 3.8) is 0 Å². The van der Waals surface area contributed by atoms with Crippen LogP contribution in [0.3, 0.4) is 0 Å². The van der Waals surface area contributed by atoms with E-state index < -0.39 is 11.7 Å². The molecule has 0 amide bonds. The molecule has 0 N–H and O–H groups in total. The highest BCUT2D eigenvalue weighted by molar-refractivity contribution is 6.32. The fourth-order valence-corrected chi connectivity index (χ4v) is 10.6. The van der Waals surface area contributed by atoms with E-state index in [1.165, 1.54) is 55.9 Å². The third-order valence-corrected chi connectivity index (χ3v) is 13.5. The van der Waals surface area contributed by atoms with Crippen molar-refractivity contribution in [3.05, 3.63) is 198 Å². The molecule has 9 aromatic carbocycles. The number of halogens is 3. The lowest BCUT2D eigenvalue weighted by Gasteiger charge is -2.26. The maximum atomic E-state index is 14.2. The summed E-state index contributed by atoms with van der Waals surface area (Å²) in [5.74, 6) is 0. The highest BCUT2D eigenvalue weighted by atomic mass is 19.4. The molecule has 0 saturated heterocycles. The summed E-state index contributed by atoms with van der Waals surface area (Å²) in [5.41, 5.74) is 13.4. The summed E-state index contributed by atoms with van der Waals surface area (Å²) in [4.78, 5) is 4.21. The summed E-state index contributed by atoms with van der Waals surface area (Å²) in [6.45, 7) is 12.8. The predicted molar refractivity (Wildman–Crippen MR) is 273 cm³/mol. The lowest BCUT2D eigenvalue weighted by atomic mass is 9.85. The van der Waals surface area contributed by atoms with Crippen molar-refractivity contribution in [1.29, 1.82) is 0 Å². The average Bonchev–Trinajstić information content (AvgIpc) is 3.95. The SMILES string of the molecule is Cc1cc(C)cc(N(c2ccccc2)c2ccc3c4cc(C(C)(C)C)cc5c6c7ccc8oc9cc(N(c%10ccccc%10)c%10cc(C)cc(C(F)(F)F)c%10)ccc9c8c7ccc6n(c3c2)c45)c1. The number of benzene rings is 9. The monoisotopic (exact) mass is 881 g/mol. The van der Waals surface area contributed by atoms with E-state index in [9.17, 15) is 13.2 Å². The molecular formula is C60H46F3N3O. The topological polar surface area (TPSA) is 24.0 Å². The molecule has 0 unspecified atom stereocenters. The Morgan fingerprint density at radius 2 is 0.955 bits per heavy atom. The van der Waals surface area contributed by atoms with E-state index in [0.29, 0.717) is 22.5 Å². The minimum atomic E-state index is -4.49. The Morgan fingerprint density at radius 3 is 1.60 bits per heavy atom. The second-order valence-electron chi connectivity index (χ2n) is 19.2. The molecule has 0 spiro atoms. The van der Waals surface area contributed by atoms with E-state index in [1.54, 1.807) is 13.0 Å². The first kappa shape index (κ1) is 40.7. The smallest absolute Gasteiger partial charge is 0.416 e. The van der Waals surface area contributed by atoms with Gasteiger partial charge in [-0.3, -0.25) is 0 Å². The molecule has 0 bridgehead atoms. The molecule has 7 heteroatoms. The number of hydrogen-bond donors (Lipinski definition) is 0. The lowest BCUT2D eigenvalue weighted by Crippen LogP contribution is -2.12. The van der Waals surface area contributed by atoms with Crippen molar-refractivity contribution in [3.8, 4) is 0 Å². The zero-order chi connectivity index (χ0) is 46.1. The summed E-state index contributed by atoms with van der Waals surface area (Å²) in [6.07, 6.45) is -4.49. The van der Waals surface area contributed by atoms with E-state index in [-0.39, 0.29) is 5.41 Å². The van der Waals surface area contributed by atoms with Crippen LogP contribution in [0.2, 0.25) is 0 Å². The van der Waals surface area contributed by atoms with Crippen molar-refractivity contribution in [1.82, 2.24) is 4.40 Å². The molecule has 3 aromatic heterocycles. The van der Waals surface area contributed by atoms with Crippen LogP contribution >= 0.6 is 0 Å². The third-order valence-electron chi connectivity index (χ3n) is 13.5. The molecule has 0 radical (unpaired) electrons. The maximum Gasteiger partial charge on any atom is 0.416 e. The van der Waals surface area contributed by atoms with Crippen molar-refractivity contribution >= 4 is 105 Å². The first-order valence-electron chi connectivity index (χ1n) is 22.7. The molecule has 0 saturated carbocycles. The van der Waals surface area contributed by atoms with Crippen LogP contribution in [-0.4, -0.2) is 4.40 Å². The minimum Gasteiger partial charge on any atom is -0.456 e. The van der Waals surface area contributed by atoms with Gasteiger partial charge in [-0.2, -0.15) is 13.2 Å². The third kappa shape index (κ3) is 6.51. The van der Waals surface area contributed by atoms with Crippen molar-refractivity contribution in [2.24, 2.45) is 0 Å². The van der Waals surface area contributed by atoms with Crippen LogP contribution in [0.5, 0.6) is 0 Å². The van der Waals surface area contributed by atoms with Gasteiger partial charge in [0.15, 0.2) is 0 Å². The molecule has 12 rings (SSSR count). The quantitative estimate of drug-likeness (QED) is 0.166. The molecule has 0 atom stereocenters. The van der Waals surface area contributed by atoms with Gasteiger partial charge in [0, 0.05) is 72.5 Å². The Kier molecular flexibility index (Phi) is 8.88. The van der Waals surface area contributed by atoms with Gasteiger partial charge in [-0.1, -0.05) is 75.4 Å². The first-order valence-corrected chi connectivity index (χ1v) is 22.7. The van der Waals surface area contributed by atoms with E-state index >= 15 is 0 Å². The number of fused-ring (bicyclic) bond motifs is 12. The normalized spacial score (nSPS) is 12.6. The minimum absolute atomic E-state index is 0.106. The van der Waals surface area contributed by atoms with Gasteiger partial charge in [0.1, 0.15) is 11.2 Å². The fraction of sp³-hybridized carbons (Fsp3) is 0.133. The Balaban J connectivity index is 1.09. The van der Waals surface area contributed by atoms with Gasteiger partial charge in [0.05, 0.1) is 22.1 Å². The van der Waals surface area contributed by atoms with Crippen molar-refractivity contribution in [2.45, 2.75) is 53.1 Å². The van der Waals surface area contributed by atoms with Crippen LogP contribution in [0.1, 0.15) is 48.6 Å². The first-order chi connectivity index (χ1) is 32.2. The number of furan rings is 1. The van der Waals surface area contributed by atoms with Crippen LogP contribution in [0.4, 0.5) is 47.3 Å². The van der Waals surface area contributed by atoms with Gasteiger partial charge in [-0.25, -0.2) is 0 Å². The van der Waals surface area contributed by atoms with Crippen LogP contribution in [0, 0.1) is 20.8 Å². The Bertz CT molecular complexity index is 3910. The number of aryl methyl sites for hydroxylation is 3. The van der Waals surface area contributed by atoms with Gasteiger partial charge in [0.2, 0.25) is 0 Å². The summed E-state index contributed by atoms with van der Waals surface area (Å²) in [5, 5.41) is 8.98. The highest BCUT2D eigenvalue weighted by Crippen LogP contribution is 2.48. The largest absolute Gasteiger partial charge is 0.456 e. The second-order valence-corrected chi connectivity index (χ2v) is 19.2. The van der Waals surface area contributed by atoms with Gasteiger partial charge in [0.25, 0.3) is 0 Å². The molecule has 67 heavy (non-hydrogen) atoms. The molecule has 0 aliphatic rings. The zero-order valence-electron chi connectivity index (χ0n) is 38.0. The second kappa shape index (κ2) is 14.6. The van der Waals surface area contributed by atoms with Gasteiger partial charge in [-0.05, 0) is 168 Å². The summed E-state index contributed by atoms with van der Waals surface area (Å²) >= 11 is 0. The van der Waals surface area contributed by atoms with Gasteiger partial charge < -0.3 is 18.6 Å². The molecule has 12 aromatic rings. The molecule has 4 nitrogen and oxygen atoms in total. The van der Waals surface area contributed by atoms with E-state index in [0.717, 1.165) is 60.9 Å². The Morgan fingerprint density at radius 1 is 0.403 bits per heavy atom. The van der Waals surface area contributed by atoms with Gasteiger partial charge in [-0.15, -0.1) is 0 Å². The summed E-state index contributed by atoms with van der Waals surface area (Å²) < 4.78 is 51.6. The maximum absolute atomic E-state index is 14.2. The zero-order valence-corrected chi connectivity index (χ0v) is 38.0. The number of anilines is 6. The molecule has 0 aliphatic carbocycles. The van der Waals surface area contributed by atoms with E-state index in [4.69, 9.17) is 4.42 Å². The number of aromatic nitrogens is 1. The van der Waals surface area contributed by atoms with Crippen LogP contribution < -0.4 is 9.80 Å². The van der Waals surface area contributed by atoms with Crippen LogP contribution in [0.15, 0.2) is 174 Å². The standard InChI is InChI=1S/C60H46F3N3O/c1-35-25-36(2)28-44(27-35)64(40-13-9-7-10-14-40)42-17-19-46-50-31-38(59(4,5)6)32-51-56-47-22-24-54-57(48(47)21-23-52(56)66(58(50)51)53(46)33-42)49-20-18-43(34-55(49)67-54)65(41-15-11-8-12-16-41)45-29-37(3)26-39(30-45)60(61,62)63/h7-34H,1-6H3. The average molecular weight is 882 g/mol. The van der Waals surface area contributed by atoms with Crippen molar-refractivity contribution < 1.29 is 17.6 Å². The predicted octanol–water partition coefficient (Wildman–Crippen LogP) is 18.1. The lowest BCUT2D eigenvalue weighted by molar-refractivity contribution is -0.137. The Labute approximate surface area is 386 Å². The van der Waals surface area contributed by atoms with Gasteiger partial charge >= 0.3 is 6.18 Å². The van der Waals surface area contributed by atoms with Crippen molar-refractivity contribution in [2.75, 3.05) is 9.80 Å². The molecule has 3 heterocycles. The van der Waals surface area contributed by atoms with E-state index in [2.05, 4.69) is 147 Å². The summed E-state index contributed by atoms with van der Waals surface area (Å²) in [7, 11) is 0. The number of para-hydroxylation sites is 2. The number of alkyl halides is 3. The highest BCUT2D eigenvalue weighted by Gasteiger charge is 2.32.